The highest BCUT2D eigenvalue weighted by Crippen LogP contribution is 2.19. The molecule has 174 valence electrons. The van der Waals surface area contributed by atoms with Crippen LogP contribution in [0.1, 0.15) is 30.7 Å². The lowest BCUT2D eigenvalue weighted by molar-refractivity contribution is 0.475. The molecule has 0 unspecified atom stereocenters. The molecule has 0 amide bonds. The van der Waals surface area contributed by atoms with E-state index in [9.17, 15) is 18.0 Å². The van der Waals surface area contributed by atoms with Crippen LogP contribution in [0, 0.1) is 0 Å². The van der Waals surface area contributed by atoms with Gasteiger partial charge in [0.2, 0.25) is 0 Å². The largest absolute Gasteiger partial charge is 0.402 e. The molecule has 0 saturated heterocycles. The van der Waals surface area contributed by atoms with Crippen molar-refractivity contribution in [3.05, 3.63) is 86.0 Å². The molecule has 10 nitrogen and oxygen atoms in total. The number of hydrogen-bond donors (Lipinski definition) is 3. The first kappa shape index (κ1) is 22.7. The smallest absolute Gasteiger partial charge is 0.332 e. The summed E-state index contributed by atoms with van der Waals surface area (Å²) in [7, 11) is -4.35. The highest BCUT2D eigenvalue weighted by atomic mass is 32.2. The van der Waals surface area contributed by atoms with E-state index in [1.807, 2.05) is 42.5 Å². The second-order valence-electron chi connectivity index (χ2n) is 8.04. The van der Waals surface area contributed by atoms with Gasteiger partial charge in [-0.1, -0.05) is 42.0 Å². The van der Waals surface area contributed by atoms with Gasteiger partial charge in [0.25, 0.3) is 15.7 Å². The zero-order valence-electron chi connectivity index (χ0n) is 17.9. The number of allylic oxidation sites excluding steroid dienone is 4. The molecule has 0 saturated carbocycles. The second kappa shape index (κ2) is 9.20. The van der Waals surface area contributed by atoms with Gasteiger partial charge in [-0.25, -0.2) is 9.78 Å². The van der Waals surface area contributed by atoms with Gasteiger partial charge in [0, 0.05) is 25.2 Å². The Morgan fingerprint density at radius 3 is 2.48 bits per heavy atom. The highest BCUT2D eigenvalue weighted by Gasteiger charge is 2.19. The number of benzene rings is 1. The number of fused-ring (bicyclic) bond motifs is 1. The van der Waals surface area contributed by atoms with Gasteiger partial charge < -0.3 is 10.7 Å². The van der Waals surface area contributed by atoms with Crippen molar-refractivity contribution >= 4 is 21.3 Å². The topological polar surface area (TPSA) is 153 Å². The van der Waals surface area contributed by atoms with Gasteiger partial charge in [0.15, 0.2) is 5.65 Å². The fourth-order valence-electron chi connectivity index (χ4n) is 3.85. The molecular weight excluding hydrogens is 446 g/mol. The van der Waals surface area contributed by atoms with E-state index in [0.717, 1.165) is 34.2 Å². The van der Waals surface area contributed by atoms with E-state index in [2.05, 4.69) is 9.97 Å². The number of imidazole rings is 1. The molecule has 0 spiro atoms. The summed E-state index contributed by atoms with van der Waals surface area (Å²) < 4.78 is 33.8. The Kier molecular flexibility index (Phi) is 6.34. The SMILES string of the molecule is NC1=CC=C(CCn2c(=O)n(CCS(=O)(=O)O)c(=O)c3[nH]c(Cc4ccccc4)nc32)CC1. The summed E-state index contributed by atoms with van der Waals surface area (Å²) in [5.41, 5.74) is 7.72. The van der Waals surface area contributed by atoms with Crippen LogP contribution >= 0.6 is 0 Å². The Morgan fingerprint density at radius 1 is 1.06 bits per heavy atom. The number of nitrogens with zero attached hydrogens (tertiary/aromatic N) is 3. The normalized spacial score (nSPS) is 14.3. The third-order valence-corrected chi connectivity index (χ3v) is 6.32. The quantitative estimate of drug-likeness (QED) is 0.419. The van der Waals surface area contributed by atoms with Gasteiger partial charge in [-0.3, -0.25) is 18.5 Å². The number of rotatable bonds is 8. The number of nitrogens with two attached hydrogens (primary N) is 1. The summed E-state index contributed by atoms with van der Waals surface area (Å²) in [6, 6.07) is 9.56. The maximum atomic E-state index is 13.2. The van der Waals surface area contributed by atoms with Crippen LogP contribution in [-0.2, 0) is 29.6 Å². The van der Waals surface area contributed by atoms with E-state index in [4.69, 9.17) is 10.3 Å². The van der Waals surface area contributed by atoms with Gasteiger partial charge in [-0.05, 0) is 30.9 Å². The van der Waals surface area contributed by atoms with Gasteiger partial charge >= 0.3 is 5.69 Å². The van der Waals surface area contributed by atoms with Crippen LogP contribution in [0.25, 0.3) is 11.2 Å². The molecule has 3 aromatic rings. The van der Waals surface area contributed by atoms with Crippen LogP contribution in [0.15, 0.2) is 63.3 Å². The fourth-order valence-corrected chi connectivity index (χ4v) is 4.27. The molecule has 4 rings (SSSR count). The average molecular weight is 472 g/mol. The molecule has 0 bridgehead atoms. The Balaban J connectivity index is 1.76. The van der Waals surface area contributed by atoms with Crippen molar-refractivity contribution in [2.24, 2.45) is 5.73 Å². The first-order valence-electron chi connectivity index (χ1n) is 10.6. The van der Waals surface area contributed by atoms with Crippen LogP contribution in [0.4, 0.5) is 0 Å². The van der Waals surface area contributed by atoms with Crippen molar-refractivity contribution in [2.45, 2.75) is 38.8 Å². The molecule has 0 atom stereocenters. The van der Waals surface area contributed by atoms with Crippen LogP contribution in [0.3, 0.4) is 0 Å². The lowest BCUT2D eigenvalue weighted by Crippen LogP contribution is -2.41. The Hall–Kier alpha value is -3.44. The van der Waals surface area contributed by atoms with Crippen LogP contribution in [0.2, 0.25) is 0 Å². The van der Waals surface area contributed by atoms with E-state index in [1.165, 1.54) is 4.57 Å². The van der Waals surface area contributed by atoms with E-state index in [-0.39, 0.29) is 17.7 Å². The van der Waals surface area contributed by atoms with Crippen molar-refractivity contribution in [1.82, 2.24) is 19.1 Å². The number of aromatic nitrogens is 4. The monoisotopic (exact) mass is 471 g/mol. The van der Waals surface area contributed by atoms with Gasteiger partial charge in [-0.15, -0.1) is 0 Å². The summed E-state index contributed by atoms with van der Waals surface area (Å²) in [6.45, 7) is -0.196. The predicted octanol–water partition coefficient (Wildman–Crippen LogP) is 1.32. The number of aromatic amines is 1. The van der Waals surface area contributed by atoms with Crippen molar-refractivity contribution in [2.75, 3.05) is 5.75 Å². The van der Waals surface area contributed by atoms with Crippen molar-refractivity contribution < 1.29 is 13.0 Å². The summed E-state index contributed by atoms with van der Waals surface area (Å²) in [4.78, 5) is 33.7. The molecular formula is C22H25N5O5S. The third-order valence-electron chi connectivity index (χ3n) is 5.62. The van der Waals surface area contributed by atoms with E-state index in [0.29, 0.717) is 18.7 Å². The molecule has 4 N–H and O–H groups in total. The summed E-state index contributed by atoms with van der Waals surface area (Å²) >= 11 is 0. The molecule has 1 aliphatic carbocycles. The van der Waals surface area contributed by atoms with Gasteiger partial charge in [0.05, 0.1) is 5.75 Å². The van der Waals surface area contributed by atoms with Crippen molar-refractivity contribution in [1.29, 1.82) is 0 Å². The standard InChI is InChI=1S/C22H25N5O5S/c23-17-8-6-15(7-9-17)10-11-26-20-19(21(28)27(22(26)29)12-13-33(30,31)32)24-18(25-20)14-16-4-2-1-3-5-16/h1-6,8H,7,9-14,23H2,(H,24,25)(H,30,31,32). The first-order chi connectivity index (χ1) is 15.7. The molecule has 2 aromatic heterocycles. The third kappa shape index (κ3) is 5.32. The van der Waals surface area contributed by atoms with Gasteiger partial charge in [0.1, 0.15) is 11.3 Å². The van der Waals surface area contributed by atoms with E-state index >= 15 is 0 Å². The maximum absolute atomic E-state index is 13.2. The zero-order valence-corrected chi connectivity index (χ0v) is 18.7. The minimum absolute atomic E-state index is 0.123. The van der Waals surface area contributed by atoms with Crippen molar-refractivity contribution in [3.63, 3.8) is 0 Å². The zero-order chi connectivity index (χ0) is 23.6. The second-order valence-corrected chi connectivity index (χ2v) is 9.61. The first-order valence-corrected chi connectivity index (χ1v) is 12.2. The van der Waals surface area contributed by atoms with Crippen LogP contribution in [-0.4, -0.2) is 37.8 Å². The Bertz CT molecular complexity index is 1460. The fraction of sp³-hybridized carbons (Fsp3) is 0.318. The highest BCUT2D eigenvalue weighted by molar-refractivity contribution is 7.85. The van der Waals surface area contributed by atoms with Crippen LogP contribution in [0.5, 0.6) is 0 Å². The summed E-state index contributed by atoms with van der Waals surface area (Å²) in [5, 5.41) is 0. The molecule has 11 heteroatoms. The van der Waals surface area contributed by atoms with E-state index < -0.39 is 33.7 Å². The number of aryl methyl sites for hydroxylation is 1. The molecule has 1 aliphatic rings. The average Bonchev–Trinajstić information content (AvgIpc) is 3.18. The lowest BCUT2D eigenvalue weighted by atomic mass is 10.0. The number of H-pyrrole nitrogens is 1. The summed E-state index contributed by atoms with van der Waals surface area (Å²) in [5.74, 6) is -0.227. The Labute approximate surface area is 189 Å². The lowest BCUT2D eigenvalue weighted by Gasteiger charge is -2.14. The molecule has 0 aliphatic heterocycles. The molecule has 0 fully saturated rings. The van der Waals surface area contributed by atoms with Crippen molar-refractivity contribution in [3.8, 4) is 0 Å². The predicted molar refractivity (Wildman–Crippen MR) is 124 cm³/mol. The minimum atomic E-state index is -4.35. The van der Waals surface area contributed by atoms with Crippen LogP contribution < -0.4 is 17.0 Å². The van der Waals surface area contributed by atoms with Gasteiger partial charge in [-0.2, -0.15) is 8.42 Å². The molecule has 0 radical (unpaired) electrons. The summed E-state index contributed by atoms with van der Waals surface area (Å²) in [6.07, 6.45) is 6.28. The minimum Gasteiger partial charge on any atom is -0.402 e. The molecule has 1 aromatic carbocycles. The Morgan fingerprint density at radius 2 is 1.82 bits per heavy atom. The molecule has 2 heterocycles. The van der Waals surface area contributed by atoms with E-state index in [1.54, 1.807) is 0 Å². The maximum Gasteiger partial charge on any atom is 0.332 e. The number of hydrogen-bond acceptors (Lipinski definition) is 6. The number of nitrogens with one attached hydrogen (secondary N) is 1. The molecule has 33 heavy (non-hydrogen) atoms.